The Morgan fingerprint density at radius 1 is 1.18 bits per heavy atom. The summed E-state index contributed by atoms with van der Waals surface area (Å²) in [6, 6.07) is 3.63. The Balaban J connectivity index is 0.00000242. The van der Waals surface area contributed by atoms with Crippen LogP contribution in [0.3, 0.4) is 0 Å². The Morgan fingerprint density at radius 3 is 2.18 bits per heavy atom. The first-order valence-electron chi connectivity index (χ1n) is 6.97. The predicted octanol–water partition coefficient (Wildman–Crippen LogP) is 1.01. The molecular formula is C15H23ClN2O4. The lowest BCUT2D eigenvalue weighted by atomic mass is 10.0. The fourth-order valence-electron chi connectivity index (χ4n) is 2.25. The molecule has 1 aliphatic heterocycles. The molecular weight excluding hydrogens is 308 g/mol. The molecule has 0 bridgehead atoms. The van der Waals surface area contributed by atoms with Crippen LogP contribution in [-0.4, -0.2) is 46.9 Å². The highest BCUT2D eigenvalue weighted by Gasteiger charge is 2.24. The number of carbonyl (C=O) groups is 1. The Kier molecular flexibility index (Phi) is 7.27. The van der Waals surface area contributed by atoms with Crippen LogP contribution in [0.1, 0.15) is 5.56 Å². The Bertz CT molecular complexity index is 481. The van der Waals surface area contributed by atoms with Crippen molar-refractivity contribution in [1.29, 1.82) is 0 Å². The summed E-state index contributed by atoms with van der Waals surface area (Å²) in [5, 5.41) is 6.03. The van der Waals surface area contributed by atoms with E-state index in [2.05, 4.69) is 10.6 Å². The topological polar surface area (TPSA) is 68.8 Å². The number of hydrogen-bond acceptors (Lipinski definition) is 5. The van der Waals surface area contributed by atoms with Crippen molar-refractivity contribution in [1.82, 2.24) is 10.6 Å². The van der Waals surface area contributed by atoms with E-state index in [-0.39, 0.29) is 24.2 Å². The summed E-state index contributed by atoms with van der Waals surface area (Å²) in [5.41, 5.74) is 0.924. The molecule has 124 valence electrons. The fraction of sp³-hybridized carbons (Fsp3) is 0.533. The van der Waals surface area contributed by atoms with Gasteiger partial charge in [0.15, 0.2) is 0 Å². The van der Waals surface area contributed by atoms with Crippen LogP contribution in [0, 0.1) is 5.92 Å². The smallest absolute Gasteiger partial charge is 0.225 e. The summed E-state index contributed by atoms with van der Waals surface area (Å²) < 4.78 is 16.0. The summed E-state index contributed by atoms with van der Waals surface area (Å²) in [7, 11) is 4.81. The Labute approximate surface area is 136 Å². The summed E-state index contributed by atoms with van der Waals surface area (Å²) in [5.74, 6) is 2.28. The lowest BCUT2D eigenvalue weighted by Crippen LogP contribution is -2.51. The highest BCUT2D eigenvalue weighted by molar-refractivity contribution is 5.85. The van der Waals surface area contributed by atoms with Gasteiger partial charge in [0.2, 0.25) is 5.91 Å². The van der Waals surface area contributed by atoms with Crippen molar-refractivity contribution < 1.29 is 19.0 Å². The minimum absolute atomic E-state index is 0. The Hall–Kier alpha value is -1.66. The van der Waals surface area contributed by atoms with E-state index in [0.717, 1.165) is 18.7 Å². The summed E-state index contributed by atoms with van der Waals surface area (Å²) in [6.45, 7) is 2.08. The Morgan fingerprint density at radius 2 is 1.77 bits per heavy atom. The highest BCUT2D eigenvalue weighted by Crippen LogP contribution is 2.34. The van der Waals surface area contributed by atoms with Crippen molar-refractivity contribution in [3.63, 3.8) is 0 Å². The second-order valence-corrected chi connectivity index (χ2v) is 4.91. The molecule has 0 spiro atoms. The van der Waals surface area contributed by atoms with Crippen molar-refractivity contribution in [3.05, 3.63) is 17.7 Å². The molecule has 1 aromatic rings. The van der Waals surface area contributed by atoms with E-state index in [1.54, 1.807) is 21.3 Å². The van der Waals surface area contributed by atoms with Crippen molar-refractivity contribution in [3.8, 4) is 17.2 Å². The molecule has 1 saturated heterocycles. The number of nitrogens with one attached hydrogen (secondary N) is 2. The lowest BCUT2D eigenvalue weighted by Gasteiger charge is -2.25. The first kappa shape index (κ1) is 18.4. The minimum Gasteiger partial charge on any atom is -0.496 e. The van der Waals surface area contributed by atoms with Crippen LogP contribution in [0.4, 0.5) is 0 Å². The lowest BCUT2D eigenvalue weighted by molar-refractivity contribution is -0.126. The molecule has 2 rings (SSSR count). The molecule has 0 unspecified atom stereocenters. The monoisotopic (exact) mass is 330 g/mol. The number of hydrogen-bond donors (Lipinski definition) is 2. The van der Waals surface area contributed by atoms with Gasteiger partial charge in [-0.2, -0.15) is 0 Å². The zero-order chi connectivity index (χ0) is 15.2. The molecule has 1 aliphatic rings. The van der Waals surface area contributed by atoms with Crippen molar-refractivity contribution in [2.75, 3.05) is 41.0 Å². The number of benzene rings is 1. The SMILES string of the molecule is COc1cc(OC)c(CCNC(=O)C2CNC2)c(OC)c1.Cl. The third kappa shape index (κ3) is 4.18. The van der Waals surface area contributed by atoms with Gasteiger partial charge >= 0.3 is 0 Å². The first-order valence-corrected chi connectivity index (χ1v) is 6.97. The second kappa shape index (κ2) is 8.70. The van der Waals surface area contributed by atoms with Crippen LogP contribution in [0.5, 0.6) is 17.2 Å². The van der Waals surface area contributed by atoms with Gasteiger partial charge < -0.3 is 24.8 Å². The number of halogens is 1. The average Bonchev–Trinajstić information content (AvgIpc) is 2.45. The number of amides is 1. The fourth-order valence-corrected chi connectivity index (χ4v) is 2.25. The molecule has 6 nitrogen and oxygen atoms in total. The quantitative estimate of drug-likeness (QED) is 0.781. The van der Waals surface area contributed by atoms with E-state index >= 15 is 0 Å². The molecule has 2 N–H and O–H groups in total. The maximum absolute atomic E-state index is 11.8. The van der Waals surface area contributed by atoms with Crippen LogP contribution in [0.2, 0.25) is 0 Å². The summed E-state index contributed by atoms with van der Waals surface area (Å²) >= 11 is 0. The van der Waals surface area contributed by atoms with Crippen LogP contribution in [-0.2, 0) is 11.2 Å². The number of carbonyl (C=O) groups excluding carboxylic acids is 1. The van der Waals surface area contributed by atoms with Gasteiger partial charge in [-0.05, 0) is 6.42 Å². The summed E-state index contributed by atoms with van der Waals surface area (Å²) in [4.78, 5) is 11.8. The zero-order valence-corrected chi connectivity index (χ0v) is 13.9. The molecule has 0 aromatic heterocycles. The molecule has 0 radical (unpaired) electrons. The van der Waals surface area contributed by atoms with Gasteiger partial charge in [-0.25, -0.2) is 0 Å². The first-order chi connectivity index (χ1) is 10.2. The van der Waals surface area contributed by atoms with E-state index in [1.807, 2.05) is 12.1 Å². The molecule has 1 amide bonds. The molecule has 1 fully saturated rings. The molecule has 1 aromatic carbocycles. The predicted molar refractivity (Wildman–Crippen MR) is 86.4 cm³/mol. The van der Waals surface area contributed by atoms with Gasteiger partial charge in [-0.3, -0.25) is 4.79 Å². The maximum Gasteiger partial charge on any atom is 0.225 e. The van der Waals surface area contributed by atoms with Crippen molar-refractivity contribution in [2.45, 2.75) is 6.42 Å². The van der Waals surface area contributed by atoms with E-state index in [4.69, 9.17) is 14.2 Å². The number of methoxy groups -OCH3 is 3. The van der Waals surface area contributed by atoms with Gasteiger partial charge in [0.25, 0.3) is 0 Å². The van der Waals surface area contributed by atoms with Crippen molar-refractivity contribution >= 4 is 18.3 Å². The molecule has 0 saturated carbocycles. The van der Waals surface area contributed by atoms with E-state index in [0.29, 0.717) is 30.2 Å². The van der Waals surface area contributed by atoms with E-state index in [1.165, 1.54) is 0 Å². The van der Waals surface area contributed by atoms with Crippen LogP contribution < -0.4 is 24.8 Å². The number of rotatable bonds is 7. The molecule has 0 aliphatic carbocycles. The van der Waals surface area contributed by atoms with E-state index in [9.17, 15) is 4.79 Å². The van der Waals surface area contributed by atoms with Gasteiger partial charge in [-0.15, -0.1) is 12.4 Å². The molecule has 0 atom stereocenters. The third-order valence-corrected chi connectivity index (χ3v) is 3.64. The van der Waals surface area contributed by atoms with Gasteiger partial charge in [0.1, 0.15) is 17.2 Å². The normalized spacial score (nSPS) is 13.6. The second-order valence-electron chi connectivity index (χ2n) is 4.91. The van der Waals surface area contributed by atoms with E-state index < -0.39 is 0 Å². The minimum atomic E-state index is 0. The average molecular weight is 331 g/mol. The van der Waals surface area contributed by atoms with Crippen molar-refractivity contribution in [2.24, 2.45) is 5.92 Å². The zero-order valence-electron chi connectivity index (χ0n) is 13.1. The highest BCUT2D eigenvalue weighted by atomic mass is 35.5. The third-order valence-electron chi connectivity index (χ3n) is 3.64. The van der Waals surface area contributed by atoms with Gasteiger partial charge in [0.05, 0.1) is 27.2 Å². The van der Waals surface area contributed by atoms with Crippen LogP contribution in [0.25, 0.3) is 0 Å². The van der Waals surface area contributed by atoms with Gasteiger partial charge in [0, 0.05) is 37.3 Å². The molecule has 22 heavy (non-hydrogen) atoms. The standard InChI is InChI=1S/C15H22N2O4.ClH/c1-19-11-6-13(20-2)12(14(7-11)21-3)4-5-17-15(18)10-8-16-9-10;/h6-7,10,16H,4-5,8-9H2,1-3H3,(H,17,18);1H. The number of ether oxygens (including phenoxy) is 3. The largest absolute Gasteiger partial charge is 0.496 e. The maximum atomic E-state index is 11.8. The summed E-state index contributed by atoms with van der Waals surface area (Å²) in [6.07, 6.45) is 0.641. The molecule has 7 heteroatoms. The van der Waals surface area contributed by atoms with Gasteiger partial charge in [-0.1, -0.05) is 0 Å². The molecule has 1 heterocycles. The van der Waals surface area contributed by atoms with Crippen LogP contribution in [0.15, 0.2) is 12.1 Å². The van der Waals surface area contributed by atoms with Crippen LogP contribution >= 0.6 is 12.4 Å².